The second-order valence-corrected chi connectivity index (χ2v) is 6.89. The fourth-order valence-electron chi connectivity index (χ4n) is 3.07. The van der Waals surface area contributed by atoms with Gasteiger partial charge in [-0.05, 0) is 54.0 Å². The van der Waals surface area contributed by atoms with Crippen molar-refractivity contribution in [1.82, 2.24) is 15.0 Å². The Balaban J connectivity index is 1.48. The lowest BCUT2D eigenvalue weighted by Gasteiger charge is -2.01. The molecular formula is C23H19N5O3. The van der Waals surface area contributed by atoms with Gasteiger partial charge < -0.3 is 5.32 Å². The summed E-state index contributed by atoms with van der Waals surface area (Å²) in [5, 5.41) is 22.6. The molecule has 0 spiro atoms. The van der Waals surface area contributed by atoms with Gasteiger partial charge in [-0.3, -0.25) is 14.9 Å². The number of aryl methyl sites for hydroxylation is 1. The molecule has 8 heteroatoms. The zero-order valence-corrected chi connectivity index (χ0v) is 16.7. The van der Waals surface area contributed by atoms with Gasteiger partial charge in [0.25, 0.3) is 5.69 Å². The van der Waals surface area contributed by atoms with Crippen molar-refractivity contribution in [2.45, 2.75) is 13.3 Å². The number of rotatable bonds is 6. The van der Waals surface area contributed by atoms with Crippen LogP contribution in [0.15, 0.2) is 72.8 Å². The van der Waals surface area contributed by atoms with Crippen LogP contribution in [-0.4, -0.2) is 25.8 Å². The first-order valence-electron chi connectivity index (χ1n) is 9.72. The van der Waals surface area contributed by atoms with Gasteiger partial charge in [0.1, 0.15) is 11.0 Å². The Morgan fingerprint density at radius 1 is 1.06 bits per heavy atom. The number of fused-ring (bicyclic) bond motifs is 1. The Morgan fingerprint density at radius 2 is 1.84 bits per heavy atom. The van der Waals surface area contributed by atoms with Crippen molar-refractivity contribution in [3.05, 3.63) is 94.0 Å². The van der Waals surface area contributed by atoms with E-state index >= 15 is 0 Å². The van der Waals surface area contributed by atoms with Crippen LogP contribution in [0.25, 0.3) is 22.8 Å². The molecular weight excluding hydrogens is 394 g/mol. The van der Waals surface area contributed by atoms with E-state index in [9.17, 15) is 14.9 Å². The van der Waals surface area contributed by atoms with Gasteiger partial charge in [0.2, 0.25) is 5.91 Å². The quantitative estimate of drug-likeness (QED) is 0.284. The lowest BCUT2D eigenvalue weighted by Crippen LogP contribution is -2.07. The molecule has 0 aliphatic heterocycles. The van der Waals surface area contributed by atoms with E-state index in [4.69, 9.17) is 0 Å². The van der Waals surface area contributed by atoms with Crippen molar-refractivity contribution >= 4 is 34.4 Å². The SMILES string of the molecule is CCc1ccc(-n2nc3ccc(NC(=O)/C=C/c4cccc([N+](=O)[O-])c4)cc3n2)cc1. The van der Waals surface area contributed by atoms with E-state index in [1.165, 1.54) is 29.8 Å². The average molecular weight is 413 g/mol. The minimum Gasteiger partial charge on any atom is -0.322 e. The van der Waals surface area contributed by atoms with E-state index < -0.39 is 4.92 Å². The molecule has 0 radical (unpaired) electrons. The molecule has 1 aromatic heterocycles. The molecule has 0 bridgehead atoms. The second-order valence-electron chi connectivity index (χ2n) is 6.89. The van der Waals surface area contributed by atoms with Crippen LogP contribution in [0.3, 0.4) is 0 Å². The number of hydrogen-bond acceptors (Lipinski definition) is 5. The zero-order valence-electron chi connectivity index (χ0n) is 16.7. The summed E-state index contributed by atoms with van der Waals surface area (Å²) in [5.74, 6) is -0.353. The maximum Gasteiger partial charge on any atom is 0.270 e. The van der Waals surface area contributed by atoms with Crippen molar-refractivity contribution in [2.75, 3.05) is 5.32 Å². The number of aromatic nitrogens is 3. The summed E-state index contributed by atoms with van der Waals surface area (Å²) in [4.78, 5) is 24.2. The first-order chi connectivity index (χ1) is 15.0. The fraction of sp³-hybridized carbons (Fsp3) is 0.0870. The van der Waals surface area contributed by atoms with Gasteiger partial charge in [-0.1, -0.05) is 31.2 Å². The number of nitrogens with one attached hydrogen (secondary N) is 1. The molecule has 3 aromatic carbocycles. The molecule has 0 saturated carbocycles. The largest absolute Gasteiger partial charge is 0.322 e. The molecule has 0 atom stereocenters. The molecule has 4 rings (SSSR count). The average Bonchev–Trinajstić information content (AvgIpc) is 3.21. The third-order valence-corrected chi connectivity index (χ3v) is 4.73. The van der Waals surface area contributed by atoms with Gasteiger partial charge in [0.05, 0.1) is 10.6 Å². The van der Waals surface area contributed by atoms with Gasteiger partial charge >= 0.3 is 0 Å². The lowest BCUT2D eigenvalue weighted by atomic mass is 10.2. The molecule has 8 nitrogen and oxygen atoms in total. The van der Waals surface area contributed by atoms with E-state index in [1.807, 2.05) is 24.3 Å². The third kappa shape index (κ3) is 4.64. The fourth-order valence-corrected chi connectivity index (χ4v) is 3.07. The maximum absolute atomic E-state index is 12.3. The molecule has 31 heavy (non-hydrogen) atoms. The summed E-state index contributed by atoms with van der Waals surface area (Å²) in [6.07, 6.45) is 3.82. The number of carbonyl (C=O) groups is 1. The van der Waals surface area contributed by atoms with Gasteiger partial charge in [-0.15, -0.1) is 10.2 Å². The van der Waals surface area contributed by atoms with Crippen LogP contribution in [0.2, 0.25) is 0 Å². The number of nitrogens with zero attached hydrogens (tertiary/aromatic N) is 4. The molecule has 1 N–H and O–H groups in total. The predicted molar refractivity (Wildman–Crippen MR) is 119 cm³/mol. The van der Waals surface area contributed by atoms with Crippen molar-refractivity contribution in [2.24, 2.45) is 0 Å². The Hall–Kier alpha value is -4.33. The Morgan fingerprint density at radius 3 is 2.58 bits per heavy atom. The highest BCUT2D eigenvalue weighted by Crippen LogP contribution is 2.18. The number of hydrogen-bond donors (Lipinski definition) is 1. The standard InChI is InChI=1S/C23H19N5O3/c1-2-16-6-10-19(11-7-16)27-25-21-12-9-18(15-22(21)26-27)24-23(29)13-8-17-4-3-5-20(14-17)28(30)31/h3-15H,2H2,1H3,(H,24,29)/b13-8+. The number of non-ortho nitro benzene ring substituents is 1. The third-order valence-electron chi connectivity index (χ3n) is 4.73. The molecule has 0 fully saturated rings. The summed E-state index contributed by atoms with van der Waals surface area (Å²) in [7, 11) is 0. The van der Waals surface area contributed by atoms with Gasteiger partial charge in [0.15, 0.2) is 0 Å². The smallest absolute Gasteiger partial charge is 0.270 e. The predicted octanol–water partition coefficient (Wildman–Crippen LogP) is 4.54. The molecule has 0 saturated heterocycles. The summed E-state index contributed by atoms with van der Waals surface area (Å²) in [5.41, 5.74) is 4.58. The molecule has 0 aliphatic carbocycles. The highest BCUT2D eigenvalue weighted by Gasteiger charge is 2.08. The zero-order chi connectivity index (χ0) is 21.8. The summed E-state index contributed by atoms with van der Waals surface area (Å²) in [6, 6.07) is 19.4. The molecule has 154 valence electrons. The number of nitro benzene ring substituents is 1. The number of amides is 1. The topological polar surface area (TPSA) is 103 Å². The van der Waals surface area contributed by atoms with Crippen LogP contribution < -0.4 is 5.32 Å². The van der Waals surface area contributed by atoms with E-state index in [2.05, 4.69) is 22.4 Å². The van der Waals surface area contributed by atoms with E-state index in [0.717, 1.165) is 12.1 Å². The van der Waals surface area contributed by atoms with E-state index in [-0.39, 0.29) is 11.6 Å². The maximum atomic E-state index is 12.3. The summed E-state index contributed by atoms with van der Waals surface area (Å²) in [6.45, 7) is 2.10. The van der Waals surface area contributed by atoms with Gasteiger partial charge in [0, 0.05) is 23.9 Å². The number of nitro groups is 1. The highest BCUT2D eigenvalue weighted by atomic mass is 16.6. The molecule has 0 aliphatic rings. The monoisotopic (exact) mass is 413 g/mol. The lowest BCUT2D eigenvalue weighted by molar-refractivity contribution is -0.384. The first kappa shape index (κ1) is 20.0. The minimum atomic E-state index is -0.474. The minimum absolute atomic E-state index is 0.0274. The van der Waals surface area contributed by atoms with Crippen LogP contribution in [0.4, 0.5) is 11.4 Å². The molecule has 1 heterocycles. The van der Waals surface area contributed by atoms with Crippen LogP contribution >= 0.6 is 0 Å². The normalized spacial score (nSPS) is 11.1. The number of benzene rings is 3. The molecule has 0 unspecified atom stereocenters. The Labute approximate surface area is 178 Å². The Kier molecular flexibility index (Phi) is 5.53. The van der Waals surface area contributed by atoms with Crippen LogP contribution in [0.1, 0.15) is 18.1 Å². The second kappa shape index (κ2) is 8.58. The van der Waals surface area contributed by atoms with Gasteiger partial charge in [-0.2, -0.15) is 4.80 Å². The van der Waals surface area contributed by atoms with Crippen LogP contribution in [-0.2, 0) is 11.2 Å². The van der Waals surface area contributed by atoms with Crippen molar-refractivity contribution in [3.8, 4) is 5.69 Å². The molecule has 1 amide bonds. The van der Waals surface area contributed by atoms with Gasteiger partial charge in [-0.25, -0.2) is 0 Å². The first-order valence-corrected chi connectivity index (χ1v) is 9.72. The highest BCUT2D eigenvalue weighted by molar-refractivity contribution is 6.02. The van der Waals surface area contributed by atoms with Crippen molar-refractivity contribution in [1.29, 1.82) is 0 Å². The number of anilines is 1. The van der Waals surface area contributed by atoms with E-state index in [0.29, 0.717) is 22.3 Å². The summed E-state index contributed by atoms with van der Waals surface area (Å²) >= 11 is 0. The van der Waals surface area contributed by atoms with Crippen molar-refractivity contribution < 1.29 is 9.72 Å². The van der Waals surface area contributed by atoms with Crippen molar-refractivity contribution in [3.63, 3.8) is 0 Å². The molecule has 4 aromatic rings. The Bertz CT molecular complexity index is 1290. The summed E-state index contributed by atoms with van der Waals surface area (Å²) < 4.78 is 0. The number of carbonyl (C=O) groups excluding carboxylic acids is 1. The van der Waals surface area contributed by atoms with Crippen LogP contribution in [0, 0.1) is 10.1 Å². The van der Waals surface area contributed by atoms with Crippen LogP contribution in [0.5, 0.6) is 0 Å². The van der Waals surface area contributed by atoms with E-state index in [1.54, 1.807) is 35.1 Å².